The van der Waals surface area contributed by atoms with Crippen LogP contribution in [0.15, 0.2) is 4.99 Å². The zero-order valence-corrected chi connectivity index (χ0v) is 5.89. The predicted octanol–water partition coefficient (Wildman–Crippen LogP) is 0.639. The lowest BCUT2D eigenvalue weighted by atomic mass is 10.6. The van der Waals surface area contributed by atoms with E-state index in [1.165, 1.54) is 0 Å². The number of hydrogen-bond donors (Lipinski definition) is 0. The molecule has 0 rings (SSSR count). The first kappa shape index (κ1) is 7.63. The molecule has 2 nitrogen and oxygen atoms in total. The Bertz CT molecular complexity index is 68.9. The van der Waals surface area contributed by atoms with Gasteiger partial charge < -0.3 is 4.90 Å². The number of hydrogen-bond acceptors (Lipinski definition) is 2. The van der Waals surface area contributed by atoms with Crippen LogP contribution in [-0.4, -0.2) is 38.3 Å². The summed E-state index contributed by atoms with van der Waals surface area (Å²) in [5, 5.41) is 0. The molecule has 0 fully saturated rings. The summed E-state index contributed by atoms with van der Waals surface area (Å²) in [6, 6.07) is 0. The average molecular weight is 114 g/mol. The van der Waals surface area contributed by atoms with Crippen molar-refractivity contribution in [3.05, 3.63) is 0 Å². The van der Waals surface area contributed by atoms with E-state index in [0.29, 0.717) is 0 Å². The van der Waals surface area contributed by atoms with Crippen molar-refractivity contribution in [2.45, 2.75) is 6.92 Å². The van der Waals surface area contributed by atoms with Crippen LogP contribution in [-0.2, 0) is 0 Å². The standard InChI is InChI=1S/C6H14N2/c1-4-8(3)6-5-7-2/h5H,4,6H2,1-3H3. The molecule has 0 aromatic carbocycles. The van der Waals surface area contributed by atoms with Gasteiger partial charge in [0.15, 0.2) is 0 Å². The molecule has 0 aromatic heterocycles. The third-order valence-electron chi connectivity index (χ3n) is 1.12. The Morgan fingerprint density at radius 2 is 2.25 bits per heavy atom. The number of aliphatic imine (C=N–C) groups is 1. The van der Waals surface area contributed by atoms with Crippen LogP contribution in [0.25, 0.3) is 0 Å². The van der Waals surface area contributed by atoms with Gasteiger partial charge in [-0.05, 0) is 13.6 Å². The van der Waals surface area contributed by atoms with Crippen LogP contribution < -0.4 is 0 Å². The van der Waals surface area contributed by atoms with Crippen LogP contribution in [0.3, 0.4) is 0 Å². The van der Waals surface area contributed by atoms with Crippen molar-refractivity contribution in [1.82, 2.24) is 4.90 Å². The van der Waals surface area contributed by atoms with Gasteiger partial charge in [0.2, 0.25) is 0 Å². The molecular formula is C6H14N2. The molecule has 0 atom stereocenters. The summed E-state index contributed by atoms with van der Waals surface area (Å²) in [7, 11) is 3.87. The summed E-state index contributed by atoms with van der Waals surface area (Å²) >= 11 is 0. The second-order valence-electron chi connectivity index (χ2n) is 1.80. The molecule has 2 heteroatoms. The molecule has 0 aliphatic heterocycles. The smallest absolute Gasteiger partial charge is 0.0329 e. The maximum Gasteiger partial charge on any atom is 0.0329 e. The maximum atomic E-state index is 3.86. The van der Waals surface area contributed by atoms with Crippen molar-refractivity contribution >= 4 is 6.21 Å². The molecule has 0 heterocycles. The molecule has 48 valence electrons. The fourth-order valence-corrected chi connectivity index (χ4v) is 0.350. The van der Waals surface area contributed by atoms with Crippen LogP contribution in [0.1, 0.15) is 6.92 Å². The average Bonchev–Trinajstić information content (AvgIpc) is 1.83. The Labute approximate surface area is 51.2 Å². The summed E-state index contributed by atoms with van der Waals surface area (Å²) < 4.78 is 0. The van der Waals surface area contributed by atoms with E-state index in [2.05, 4.69) is 23.9 Å². The molecule has 0 saturated carbocycles. The van der Waals surface area contributed by atoms with Crippen molar-refractivity contribution in [2.24, 2.45) is 4.99 Å². The number of rotatable bonds is 3. The highest BCUT2D eigenvalue weighted by Crippen LogP contribution is 1.74. The number of nitrogens with zero attached hydrogens (tertiary/aromatic N) is 2. The summed E-state index contributed by atoms with van der Waals surface area (Å²) in [5.41, 5.74) is 0. The van der Waals surface area contributed by atoms with E-state index in [0.717, 1.165) is 13.1 Å². The highest BCUT2D eigenvalue weighted by Gasteiger charge is 1.85. The zero-order valence-electron chi connectivity index (χ0n) is 5.89. The predicted molar refractivity (Wildman–Crippen MR) is 37.6 cm³/mol. The van der Waals surface area contributed by atoms with Crippen molar-refractivity contribution in [3.63, 3.8) is 0 Å². The summed E-state index contributed by atoms with van der Waals surface area (Å²) in [6.45, 7) is 4.18. The molecule has 0 bridgehead atoms. The highest BCUT2D eigenvalue weighted by atomic mass is 15.1. The second kappa shape index (κ2) is 4.78. The minimum Gasteiger partial charge on any atom is -0.301 e. The molecule has 0 saturated heterocycles. The molecule has 0 radical (unpaired) electrons. The van der Waals surface area contributed by atoms with Gasteiger partial charge in [0.25, 0.3) is 0 Å². The maximum absolute atomic E-state index is 3.86. The van der Waals surface area contributed by atoms with Gasteiger partial charge in [-0.2, -0.15) is 0 Å². The molecule has 8 heavy (non-hydrogen) atoms. The highest BCUT2D eigenvalue weighted by molar-refractivity contribution is 5.59. The van der Waals surface area contributed by atoms with Gasteiger partial charge in [0, 0.05) is 19.8 Å². The fourth-order valence-electron chi connectivity index (χ4n) is 0.350. The first-order valence-electron chi connectivity index (χ1n) is 2.90. The second-order valence-corrected chi connectivity index (χ2v) is 1.80. The van der Waals surface area contributed by atoms with Crippen molar-refractivity contribution in [1.29, 1.82) is 0 Å². The summed E-state index contributed by atoms with van der Waals surface area (Å²) in [6.07, 6.45) is 1.91. The summed E-state index contributed by atoms with van der Waals surface area (Å²) in [5.74, 6) is 0. The molecule has 0 aromatic rings. The molecule has 0 spiro atoms. The topological polar surface area (TPSA) is 15.6 Å². The van der Waals surface area contributed by atoms with E-state index in [1.807, 2.05) is 6.21 Å². The third-order valence-corrected chi connectivity index (χ3v) is 1.12. The minimum absolute atomic E-state index is 0.965. The monoisotopic (exact) mass is 114 g/mol. The Morgan fingerprint density at radius 3 is 2.62 bits per heavy atom. The van der Waals surface area contributed by atoms with Gasteiger partial charge in [0.05, 0.1) is 0 Å². The van der Waals surface area contributed by atoms with Crippen LogP contribution >= 0.6 is 0 Å². The third kappa shape index (κ3) is 3.81. The van der Waals surface area contributed by atoms with Gasteiger partial charge in [-0.25, -0.2) is 0 Å². The first-order valence-corrected chi connectivity index (χ1v) is 2.90. The largest absolute Gasteiger partial charge is 0.301 e. The Hall–Kier alpha value is -0.370. The lowest BCUT2D eigenvalue weighted by molar-refractivity contribution is 0.406. The molecule has 0 aliphatic carbocycles. The Kier molecular flexibility index (Phi) is 4.56. The lowest BCUT2D eigenvalue weighted by Crippen LogP contribution is -2.19. The van der Waals surface area contributed by atoms with Crippen molar-refractivity contribution in [2.75, 3.05) is 27.2 Å². The Morgan fingerprint density at radius 1 is 1.62 bits per heavy atom. The van der Waals surface area contributed by atoms with Gasteiger partial charge in [-0.15, -0.1) is 0 Å². The van der Waals surface area contributed by atoms with Gasteiger partial charge >= 0.3 is 0 Å². The van der Waals surface area contributed by atoms with Gasteiger partial charge in [-0.3, -0.25) is 4.99 Å². The lowest BCUT2D eigenvalue weighted by Gasteiger charge is -2.08. The molecule has 0 aliphatic rings. The molecule has 0 N–H and O–H groups in total. The van der Waals surface area contributed by atoms with E-state index in [-0.39, 0.29) is 0 Å². The fraction of sp³-hybridized carbons (Fsp3) is 0.833. The summed E-state index contributed by atoms with van der Waals surface area (Å²) in [4.78, 5) is 6.04. The van der Waals surface area contributed by atoms with Crippen molar-refractivity contribution < 1.29 is 0 Å². The van der Waals surface area contributed by atoms with Crippen LogP contribution in [0.2, 0.25) is 0 Å². The normalized spacial score (nSPS) is 11.5. The zero-order chi connectivity index (χ0) is 6.41. The SMILES string of the molecule is CCN(C)CC=NC. The van der Waals surface area contributed by atoms with Crippen molar-refractivity contribution in [3.8, 4) is 0 Å². The van der Waals surface area contributed by atoms with E-state index in [9.17, 15) is 0 Å². The van der Waals surface area contributed by atoms with Gasteiger partial charge in [-0.1, -0.05) is 6.92 Å². The molecular weight excluding hydrogens is 100 g/mol. The van der Waals surface area contributed by atoms with E-state index >= 15 is 0 Å². The minimum atomic E-state index is 0.965. The first-order chi connectivity index (χ1) is 3.81. The molecule has 0 unspecified atom stereocenters. The molecule has 0 amide bonds. The van der Waals surface area contributed by atoms with E-state index in [1.54, 1.807) is 7.05 Å². The van der Waals surface area contributed by atoms with Crippen LogP contribution in [0.4, 0.5) is 0 Å². The van der Waals surface area contributed by atoms with Crippen LogP contribution in [0, 0.1) is 0 Å². The Balaban J connectivity index is 3.10. The quantitative estimate of drug-likeness (QED) is 0.491. The van der Waals surface area contributed by atoms with E-state index in [4.69, 9.17) is 0 Å². The van der Waals surface area contributed by atoms with Gasteiger partial charge in [0.1, 0.15) is 0 Å². The van der Waals surface area contributed by atoms with E-state index < -0.39 is 0 Å². The van der Waals surface area contributed by atoms with Crippen LogP contribution in [0.5, 0.6) is 0 Å².